The summed E-state index contributed by atoms with van der Waals surface area (Å²) in [6.45, 7) is 3.69. The Morgan fingerprint density at radius 3 is 1.42 bits per heavy atom. The Kier molecular flexibility index (Phi) is 10.9. The van der Waals surface area contributed by atoms with E-state index >= 15 is 0 Å². The molecule has 0 saturated heterocycles. The largest absolute Gasteiger partial charge is 0.457 e. The van der Waals surface area contributed by atoms with Gasteiger partial charge in [0.25, 0.3) is 0 Å². The maximum atomic E-state index is 8.43. The van der Waals surface area contributed by atoms with Crippen LogP contribution in [-0.4, -0.2) is 48.8 Å². The minimum absolute atomic E-state index is 0.0451. The fourth-order valence-corrected chi connectivity index (χ4v) is 0.0908. The van der Waals surface area contributed by atoms with Crippen LogP contribution in [0.3, 0.4) is 0 Å². The molecule has 0 aliphatic rings. The van der Waals surface area contributed by atoms with Crippen LogP contribution in [0.4, 0.5) is 0 Å². The van der Waals surface area contributed by atoms with Crippen LogP contribution < -0.4 is 0 Å². The van der Waals surface area contributed by atoms with E-state index in [1.807, 2.05) is 0 Å². The van der Waals surface area contributed by atoms with Crippen LogP contribution in [0.15, 0.2) is 0 Å². The van der Waals surface area contributed by atoms with E-state index in [4.69, 9.17) is 20.3 Å². The van der Waals surface area contributed by atoms with Crippen molar-refractivity contribution in [3.63, 3.8) is 0 Å². The van der Waals surface area contributed by atoms with Crippen molar-refractivity contribution >= 4 is 15.4 Å². The Labute approximate surface area is 73.6 Å². The first-order chi connectivity index (χ1) is 5.54. The van der Waals surface area contributed by atoms with Crippen LogP contribution in [0.5, 0.6) is 0 Å². The molecule has 0 atom stereocenters. The minimum Gasteiger partial charge on any atom is -0.457 e. The predicted octanol–water partition coefficient (Wildman–Crippen LogP) is -2.48. The highest BCUT2D eigenvalue weighted by Crippen LogP contribution is 2.10. The third-order valence-electron chi connectivity index (χ3n) is 1.04. The molecule has 0 aromatic carbocycles. The van der Waals surface area contributed by atoms with Gasteiger partial charge in [0, 0.05) is 5.41 Å². The molecule has 5 nitrogen and oxygen atoms in total. The van der Waals surface area contributed by atoms with Crippen molar-refractivity contribution in [1.29, 1.82) is 0 Å². The zero-order valence-corrected chi connectivity index (χ0v) is 7.53. The first kappa shape index (κ1) is 14.5. The molecule has 72 valence electrons. The maximum Gasteiger partial charge on any atom is 0.421 e. The lowest BCUT2D eigenvalue weighted by molar-refractivity contribution is 0.0857. The van der Waals surface area contributed by atoms with Gasteiger partial charge in [-0.3, -0.25) is 0 Å². The van der Waals surface area contributed by atoms with Gasteiger partial charge in [0.2, 0.25) is 0 Å². The van der Waals surface area contributed by atoms with Crippen molar-refractivity contribution in [2.45, 2.75) is 13.8 Å². The molecule has 0 aliphatic heterocycles. The molecule has 0 amide bonds. The molecule has 4 N–H and O–H groups in total. The summed E-state index contributed by atoms with van der Waals surface area (Å²) in [6, 6.07) is 0. The molecule has 0 fully saturated rings. The summed E-state index contributed by atoms with van der Waals surface area (Å²) < 4.78 is 3.94. The lowest BCUT2D eigenvalue weighted by atomic mass is 9.97. The van der Waals surface area contributed by atoms with E-state index in [0.717, 1.165) is 0 Å². The van der Waals surface area contributed by atoms with Gasteiger partial charge >= 0.3 is 15.4 Å². The van der Waals surface area contributed by atoms with E-state index in [9.17, 15) is 0 Å². The number of aliphatic hydroxyl groups excluding tert-OH is 2. The quantitative estimate of drug-likeness (QED) is 0.357. The minimum atomic E-state index is -0.406. The van der Waals surface area contributed by atoms with Crippen LogP contribution in [0, 0.1) is 5.41 Å². The molecular weight excluding hydrogens is 162 g/mol. The summed E-state index contributed by atoms with van der Waals surface area (Å²) in [6.07, 6.45) is 0. The lowest BCUT2D eigenvalue weighted by Gasteiger charge is -2.16. The van der Waals surface area contributed by atoms with E-state index in [1.54, 1.807) is 13.8 Å². The highest BCUT2D eigenvalue weighted by molar-refractivity contribution is 6.32. The molecule has 0 unspecified atom stereocenters. The van der Waals surface area contributed by atoms with Gasteiger partial charge in [-0.05, 0) is 0 Å². The molecule has 0 saturated carbocycles. The van der Waals surface area contributed by atoms with Gasteiger partial charge in [0.1, 0.15) is 0 Å². The van der Waals surface area contributed by atoms with Crippen LogP contribution in [0.2, 0.25) is 0 Å². The van der Waals surface area contributed by atoms with E-state index < -0.39 is 15.4 Å². The molecule has 0 rings (SSSR count). The summed E-state index contributed by atoms with van der Waals surface area (Å²) in [5.41, 5.74) is -0.306. The van der Waals surface area contributed by atoms with E-state index in [2.05, 4.69) is 4.57 Å². The second kappa shape index (κ2) is 9.02. The fourth-order valence-electron chi connectivity index (χ4n) is 0.0908. The molecular formula is C5H16B2O5. The summed E-state index contributed by atoms with van der Waals surface area (Å²) in [4.78, 5) is 0. The SMILES string of the molecule is CC(C)(CO)CO.OBOBO. The molecule has 0 aliphatic carbocycles. The zero-order chi connectivity index (χ0) is 10.0. The monoisotopic (exact) mass is 178 g/mol. The standard InChI is InChI=1S/C5H12O2.B2H4O3/c1-5(2,3-6)4-7;3-1-5-2-4/h6-7H,3-4H2,1-2H3;1-4H. The highest BCUT2D eigenvalue weighted by Gasteiger charge is 2.13. The summed E-state index contributed by atoms with van der Waals surface area (Å²) >= 11 is 0. The first-order valence-electron chi connectivity index (χ1n) is 3.55. The molecule has 0 aromatic heterocycles. The van der Waals surface area contributed by atoms with Gasteiger partial charge in [-0.15, -0.1) is 0 Å². The molecule has 12 heavy (non-hydrogen) atoms. The van der Waals surface area contributed by atoms with Crippen molar-refractivity contribution in [3.8, 4) is 0 Å². The van der Waals surface area contributed by atoms with Crippen molar-refractivity contribution in [2.24, 2.45) is 5.41 Å². The van der Waals surface area contributed by atoms with Gasteiger partial charge in [-0.25, -0.2) is 0 Å². The number of aliphatic hydroxyl groups is 2. The third kappa shape index (κ3) is 12.6. The second-order valence-electron chi connectivity index (χ2n) is 2.94. The summed E-state index contributed by atoms with van der Waals surface area (Å²) in [5, 5.41) is 32.2. The molecule has 0 spiro atoms. The normalized spacial score (nSPS) is 9.83. The van der Waals surface area contributed by atoms with E-state index in [0.29, 0.717) is 0 Å². The van der Waals surface area contributed by atoms with Crippen LogP contribution in [0.25, 0.3) is 0 Å². The first-order valence-corrected chi connectivity index (χ1v) is 3.55. The Morgan fingerprint density at radius 1 is 1.08 bits per heavy atom. The van der Waals surface area contributed by atoms with Crippen molar-refractivity contribution in [1.82, 2.24) is 0 Å². The predicted molar refractivity (Wildman–Crippen MR) is 47.8 cm³/mol. The molecule has 0 radical (unpaired) electrons. The van der Waals surface area contributed by atoms with Crippen molar-refractivity contribution in [3.05, 3.63) is 0 Å². The van der Waals surface area contributed by atoms with Crippen molar-refractivity contribution < 1.29 is 24.8 Å². The topological polar surface area (TPSA) is 90.2 Å². The van der Waals surface area contributed by atoms with E-state index in [1.165, 1.54) is 0 Å². The molecule has 0 aromatic rings. The van der Waals surface area contributed by atoms with Gasteiger partial charge < -0.3 is 24.8 Å². The second-order valence-corrected chi connectivity index (χ2v) is 2.94. The summed E-state index contributed by atoms with van der Waals surface area (Å²) in [7, 11) is -0.812. The maximum absolute atomic E-state index is 8.43. The number of rotatable bonds is 4. The van der Waals surface area contributed by atoms with Gasteiger partial charge in [0.05, 0.1) is 13.2 Å². The highest BCUT2D eigenvalue weighted by atomic mass is 16.5. The Bertz CT molecular complexity index is 81.9. The van der Waals surface area contributed by atoms with Gasteiger partial charge in [-0.2, -0.15) is 0 Å². The molecule has 7 heteroatoms. The molecule has 0 heterocycles. The van der Waals surface area contributed by atoms with Crippen LogP contribution >= 0.6 is 0 Å². The molecule has 0 bridgehead atoms. The smallest absolute Gasteiger partial charge is 0.421 e. The van der Waals surface area contributed by atoms with E-state index in [-0.39, 0.29) is 18.6 Å². The summed E-state index contributed by atoms with van der Waals surface area (Å²) in [5.74, 6) is 0. The lowest BCUT2D eigenvalue weighted by Crippen LogP contribution is -2.20. The Morgan fingerprint density at radius 2 is 1.42 bits per heavy atom. The average Bonchev–Trinajstić information content (AvgIpc) is 2.07. The van der Waals surface area contributed by atoms with Gasteiger partial charge in [-0.1, -0.05) is 13.8 Å². The fraction of sp³-hybridized carbons (Fsp3) is 1.00. The van der Waals surface area contributed by atoms with Crippen molar-refractivity contribution in [2.75, 3.05) is 13.2 Å². The zero-order valence-electron chi connectivity index (χ0n) is 7.53. The number of hydrogen-bond donors (Lipinski definition) is 4. The average molecular weight is 178 g/mol. The van der Waals surface area contributed by atoms with Crippen LogP contribution in [0.1, 0.15) is 13.8 Å². The number of hydrogen-bond acceptors (Lipinski definition) is 5. The Hall–Kier alpha value is -0.0701. The van der Waals surface area contributed by atoms with Crippen LogP contribution in [-0.2, 0) is 4.57 Å². The van der Waals surface area contributed by atoms with Gasteiger partial charge in [0.15, 0.2) is 0 Å². The Balaban J connectivity index is 0. The third-order valence-corrected chi connectivity index (χ3v) is 1.04.